The molecule has 8 heteroatoms. The van der Waals surface area contributed by atoms with E-state index in [2.05, 4.69) is 9.97 Å². The standard InChI is InChI=1S/C19H22F3N3O2/c1-27-16-6-9-23-17(24-16)25-10-7-18(13-26,8-11-25)12-14-4-2-3-5-15(14)19(20,21)22/h2-6,9,26H,7-8,10-13H2,1H3. The molecule has 146 valence electrons. The molecule has 2 heterocycles. The third kappa shape index (κ3) is 4.32. The van der Waals surface area contributed by atoms with E-state index in [1.807, 2.05) is 4.90 Å². The molecule has 27 heavy (non-hydrogen) atoms. The van der Waals surface area contributed by atoms with Gasteiger partial charge in [-0.1, -0.05) is 18.2 Å². The highest BCUT2D eigenvalue weighted by molar-refractivity contribution is 5.34. The minimum atomic E-state index is -4.40. The fraction of sp³-hybridized carbons (Fsp3) is 0.474. The van der Waals surface area contributed by atoms with Crippen molar-refractivity contribution in [1.29, 1.82) is 0 Å². The van der Waals surface area contributed by atoms with Crippen molar-refractivity contribution in [2.24, 2.45) is 5.41 Å². The predicted molar refractivity (Wildman–Crippen MR) is 94.7 cm³/mol. The number of benzene rings is 1. The maximum Gasteiger partial charge on any atom is 0.416 e. The molecule has 1 fully saturated rings. The van der Waals surface area contributed by atoms with E-state index >= 15 is 0 Å². The van der Waals surface area contributed by atoms with Crippen molar-refractivity contribution in [1.82, 2.24) is 9.97 Å². The molecule has 1 aromatic heterocycles. The molecule has 0 amide bonds. The maximum absolute atomic E-state index is 13.3. The Morgan fingerprint density at radius 3 is 2.52 bits per heavy atom. The second-order valence-electron chi connectivity index (χ2n) is 6.88. The van der Waals surface area contributed by atoms with Crippen molar-refractivity contribution in [3.8, 4) is 5.88 Å². The first kappa shape index (κ1) is 19.4. The van der Waals surface area contributed by atoms with Gasteiger partial charge in [-0.05, 0) is 30.9 Å². The van der Waals surface area contributed by atoms with E-state index in [-0.39, 0.29) is 18.6 Å². The molecule has 1 N–H and O–H groups in total. The van der Waals surface area contributed by atoms with Crippen LogP contribution in [0.5, 0.6) is 5.88 Å². The van der Waals surface area contributed by atoms with Gasteiger partial charge in [0.2, 0.25) is 11.8 Å². The average Bonchev–Trinajstić information content (AvgIpc) is 2.68. The van der Waals surface area contributed by atoms with Gasteiger partial charge >= 0.3 is 6.18 Å². The molecule has 0 bridgehead atoms. The number of rotatable bonds is 5. The summed E-state index contributed by atoms with van der Waals surface area (Å²) < 4.78 is 45.0. The van der Waals surface area contributed by atoms with Gasteiger partial charge in [0, 0.05) is 37.4 Å². The van der Waals surface area contributed by atoms with Crippen molar-refractivity contribution in [2.75, 3.05) is 31.7 Å². The molecule has 5 nitrogen and oxygen atoms in total. The number of aliphatic hydroxyl groups is 1. The van der Waals surface area contributed by atoms with Gasteiger partial charge in [0.25, 0.3) is 0 Å². The lowest BCUT2D eigenvalue weighted by Crippen LogP contribution is -2.44. The second-order valence-corrected chi connectivity index (χ2v) is 6.88. The van der Waals surface area contributed by atoms with Crippen LogP contribution < -0.4 is 9.64 Å². The molecular weight excluding hydrogens is 359 g/mol. The minimum Gasteiger partial charge on any atom is -0.481 e. The first-order chi connectivity index (χ1) is 12.9. The van der Waals surface area contributed by atoms with E-state index in [9.17, 15) is 18.3 Å². The molecular formula is C19H22F3N3O2. The van der Waals surface area contributed by atoms with Gasteiger partial charge in [0.05, 0.1) is 12.7 Å². The van der Waals surface area contributed by atoms with Crippen molar-refractivity contribution in [2.45, 2.75) is 25.4 Å². The summed E-state index contributed by atoms with van der Waals surface area (Å²) in [6.45, 7) is 0.954. The summed E-state index contributed by atoms with van der Waals surface area (Å²) in [5, 5.41) is 9.98. The topological polar surface area (TPSA) is 58.5 Å². The van der Waals surface area contributed by atoms with E-state index in [0.717, 1.165) is 6.07 Å². The zero-order valence-corrected chi connectivity index (χ0v) is 15.0. The number of halogens is 3. The molecule has 0 saturated carbocycles. The van der Waals surface area contributed by atoms with Gasteiger partial charge in [0.15, 0.2) is 0 Å². The van der Waals surface area contributed by atoms with Crippen LogP contribution in [0.25, 0.3) is 0 Å². The molecule has 3 rings (SSSR count). The predicted octanol–water partition coefficient (Wildman–Crippen LogP) is 3.33. The lowest BCUT2D eigenvalue weighted by atomic mass is 9.73. The Kier molecular flexibility index (Phi) is 5.55. The molecule has 0 radical (unpaired) electrons. The number of aromatic nitrogens is 2. The lowest BCUT2D eigenvalue weighted by molar-refractivity contribution is -0.138. The summed E-state index contributed by atoms with van der Waals surface area (Å²) in [5.74, 6) is 0.981. The van der Waals surface area contributed by atoms with Crippen molar-refractivity contribution < 1.29 is 23.0 Å². The van der Waals surface area contributed by atoms with Gasteiger partial charge in [-0.15, -0.1) is 0 Å². The van der Waals surface area contributed by atoms with Crippen LogP contribution in [0.2, 0.25) is 0 Å². The lowest BCUT2D eigenvalue weighted by Gasteiger charge is -2.41. The molecule has 0 aliphatic carbocycles. The van der Waals surface area contributed by atoms with Crippen LogP contribution in [-0.4, -0.2) is 41.9 Å². The highest BCUT2D eigenvalue weighted by Crippen LogP contribution is 2.39. The summed E-state index contributed by atoms with van der Waals surface area (Å²) in [4.78, 5) is 10.5. The fourth-order valence-corrected chi connectivity index (χ4v) is 3.53. The molecule has 0 spiro atoms. The van der Waals surface area contributed by atoms with Gasteiger partial charge < -0.3 is 14.7 Å². The quantitative estimate of drug-likeness (QED) is 0.861. The molecule has 1 aliphatic rings. The van der Waals surface area contributed by atoms with Crippen LogP contribution >= 0.6 is 0 Å². The number of ether oxygens (including phenoxy) is 1. The molecule has 1 aliphatic heterocycles. The Labute approximate surface area is 155 Å². The monoisotopic (exact) mass is 381 g/mol. The zero-order chi connectivity index (χ0) is 19.5. The highest BCUT2D eigenvalue weighted by Gasteiger charge is 2.39. The zero-order valence-electron chi connectivity index (χ0n) is 15.0. The smallest absolute Gasteiger partial charge is 0.416 e. The molecule has 0 unspecified atom stereocenters. The summed E-state index contributed by atoms with van der Waals surface area (Å²) in [6.07, 6.45) is -1.50. The largest absolute Gasteiger partial charge is 0.481 e. The number of hydrogen-bond donors (Lipinski definition) is 1. The van der Waals surface area contributed by atoms with Gasteiger partial charge in [-0.25, -0.2) is 4.98 Å². The Balaban J connectivity index is 1.75. The van der Waals surface area contributed by atoms with E-state index in [4.69, 9.17) is 4.74 Å². The maximum atomic E-state index is 13.3. The summed E-state index contributed by atoms with van der Waals surface area (Å²) in [7, 11) is 1.52. The number of hydrogen-bond acceptors (Lipinski definition) is 5. The first-order valence-corrected chi connectivity index (χ1v) is 8.75. The van der Waals surface area contributed by atoms with Gasteiger partial charge in [0.1, 0.15) is 0 Å². The van der Waals surface area contributed by atoms with Crippen molar-refractivity contribution in [3.05, 3.63) is 47.7 Å². The third-order valence-electron chi connectivity index (χ3n) is 5.16. The molecule has 1 saturated heterocycles. The van der Waals surface area contributed by atoms with Crippen LogP contribution in [0.1, 0.15) is 24.0 Å². The average molecular weight is 381 g/mol. The number of methoxy groups -OCH3 is 1. The van der Waals surface area contributed by atoms with Crippen LogP contribution in [-0.2, 0) is 12.6 Å². The first-order valence-electron chi connectivity index (χ1n) is 8.75. The van der Waals surface area contributed by atoms with E-state index in [1.54, 1.807) is 18.3 Å². The number of anilines is 1. The Hall–Kier alpha value is -2.35. The van der Waals surface area contributed by atoms with Crippen LogP contribution in [0.3, 0.4) is 0 Å². The number of aliphatic hydroxyl groups excluding tert-OH is 1. The number of piperidine rings is 1. The highest BCUT2D eigenvalue weighted by atomic mass is 19.4. The van der Waals surface area contributed by atoms with E-state index in [1.165, 1.54) is 19.2 Å². The summed E-state index contributed by atoms with van der Waals surface area (Å²) in [5.41, 5.74) is -0.988. The van der Waals surface area contributed by atoms with Crippen LogP contribution in [0.4, 0.5) is 19.1 Å². The van der Waals surface area contributed by atoms with Crippen LogP contribution in [0, 0.1) is 5.41 Å². The Morgan fingerprint density at radius 2 is 1.89 bits per heavy atom. The van der Waals surface area contributed by atoms with Crippen molar-refractivity contribution >= 4 is 5.95 Å². The number of alkyl halides is 3. The van der Waals surface area contributed by atoms with E-state index in [0.29, 0.717) is 37.8 Å². The normalized spacial score (nSPS) is 17.0. The molecule has 2 aromatic rings. The fourth-order valence-electron chi connectivity index (χ4n) is 3.53. The molecule has 0 atom stereocenters. The van der Waals surface area contributed by atoms with E-state index < -0.39 is 17.2 Å². The SMILES string of the molecule is COc1ccnc(N2CCC(CO)(Cc3ccccc3C(F)(F)F)CC2)n1. The molecule has 1 aromatic carbocycles. The Morgan fingerprint density at radius 1 is 1.19 bits per heavy atom. The second kappa shape index (κ2) is 7.72. The summed E-state index contributed by atoms with van der Waals surface area (Å²) in [6, 6.07) is 7.24. The third-order valence-corrected chi connectivity index (χ3v) is 5.16. The Bertz CT molecular complexity index is 775. The minimum absolute atomic E-state index is 0.161. The van der Waals surface area contributed by atoms with Crippen LogP contribution in [0.15, 0.2) is 36.5 Å². The number of nitrogens with zero attached hydrogens (tertiary/aromatic N) is 3. The van der Waals surface area contributed by atoms with Gasteiger partial charge in [-0.2, -0.15) is 18.2 Å². The van der Waals surface area contributed by atoms with Crippen molar-refractivity contribution in [3.63, 3.8) is 0 Å². The van der Waals surface area contributed by atoms with Gasteiger partial charge in [-0.3, -0.25) is 0 Å². The summed E-state index contributed by atoms with van der Waals surface area (Å²) >= 11 is 0.